The fraction of sp³-hybridized carbons (Fsp3) is 0.294. The zero-order valence-corrected chi connectivity index (χ0v) is 15.0. The Morgan fingerprint density at radius 2 is 1.88 bits per heavy atom. The number of aromatic nitrogens is 1. The van der Waals surface area contributed by atoms with Crippen LogP contribution in [0.25, 0.3) is 0 Å². The highest BCUT2D eigenvalue weighted by molar-refractivity contribution is 6.30. The van der Waals surface area contributed by atoms with Crippen LogP contribution in [0.4, 0.5) is 5.82 Å². The smallest absolute Gasteiger partial charge is 0.242 e. The van der Waals surface area contributed by atoms with E-state index in [2.05, 4.69) is 10.3 Å². The van der Waals surface area contributed by atoms with Crippen LogP contribution in [0.15, 0.2) is 42.6 Å². The summed E-state index contributed by atoms with van der Waals surface area (Å²) in [5.74, 6) is 1.08. The Hall–Kier alpha value is -1.82. The number of nitrogens with one attached hydrogen (secondary N) is 1. The number of amides is 1. The summed E-state index contributed by atoms with van der Waals surface area (Å²) in [4.78, 5) is 18.2. The van der Waals surface area contributed by atoms with Crippen molar-refractivity contribution in [2.24, 2.45) is 0 Å². The van der Waals surface area contributed by atoms with Gasteiger partial charge in [-0.05, 0) is 50.4 Å². The number of nitrogens with zero attached hydrogens (tertiary/aromatic N) is 2. The molecule has 2 aromatic rings. The third-order valence-corrected chi connectivity index (χ3v) is 4.02. The van der Waals surface area contributed by atoms with Gasteiger partial charge in [0.1, 0.15) is 18.2 Å². The lowest BCUT2D eigenvalue weighted by atomic mass is 10.2. The minimum Gasteiger partial charge on any atom is -0.492 e. The fourth-order valence-corrected chi connectivity index (χ4v) is 2.15. The van der Waals surface area contributed by atoms with Crippen molar-refractivity contribution < 1.29 is 9.53 Å². The number of pyridine rings is 1. The Morgan fingerprint density at radius 1 is 1.21 bits per heavy atom. The van der Waals surface area contributed by atoms with E-state index < -0.39 is 0 Å². The Balaban J connectivity index is 1.78. The fourth-order valence-electron chi connectivity index (χ4n) is 1.91. The standard InChI is InChI=1S/C17H19Cl2N3O2/c1-12(17(23)21-16-8-5-14(19)11-20-16)22(2)9-10-24-15-6-3-13(18)4-7-15/h3-8,11-12H,9-10H2,1-2H3,(H,20,21,23)/t12-/m1/s1. The number of ether oxygens (including phenoxy) is 1. The van der Waals surface area contributed by atoms with E-state index in [4.69, 9.17) is 27.9 Å². The number of carbonyl (C=O) groups is 1. The lowest BCUT2D eigenvalue weighted by molar-refractivity contribution is -0.120. The third kappa shape index (κ3) is 5.67. The number of likely N-dealkylation sites (N-methyl/N-ethyl adjacent to an activating group) is 1. The van der Waals surface area contributed by atoms with Crippen molar-refractivity contribution in [3.8, 4) is 5.75 Å². The molecule has 0 saturated carbocycles. The maximum Gasteiger partial charge on any atom is 0.242 e. The number of halogens is 2. The van der Waals surface area contributed by atoms with Crippen LogP contribution < -0.4 is 10.1 Å². The van der Waals surface area contributed by atoms with Crippen molar-refractivity contribution in [1.82, 2.24) is 9.88 Å². The maximum absolute atomic E-state index is 12.2. The molecule has 5 nitrogen and oxygen atoms in total. The molecule has 0 bridgehead atoms. The molecule has 24 heavy (non-hydrogen) atoms. The monoisotopic (exact) mass is 367 g/mol. The zero-order chi connectivity index (χ0) is 17.5. The third-order valence-electron chi connectivity index (χ3n) is 3.55. The van der Waals surface area contributed by atoms with Gasteiger partial charge in [0, 0.05) is 17.8 Å². The van der Waals surface area contributed by atoms with Crippen LogP contribution in [0, 0.1) is 0 Å². The molecule has 1 aromatic carbocycles. The van der Waals surface area contributed by atoms with Crippen LogP contribution in [0.2, 0.25) is 10.0 Å². The molecule has 0 spiro atoms. The van der Waals surface area contributed by atoms with E-state index in [1.165, 1.54) is 6.20 Å². The predicted molar refractivity (Wildman–Crippen MR) is 96.9 cm³/mol. The van der Waals surface area contributed by atoms with Crippen molar-refractivity contribution in [3.05, 3.63) is 52.6 Å². The van der Waals surface area contributed by atoms with Gasteiger partial charge in [0.05, 0.1) is 11.1 Å². The molecule has 128 valence electrons. The van der Waals surface area contributed by atoms with Gasteiger partial charge in [0.25, 0.3) is 0 Å². The molecule has 0 unspecified atom stereocenters. The summed E-state index contributed by atoms with van der Waals surface area (Å²) in [7, 11) is 1.87. The minimum atomic E-state index is -0.323. The van der Waals surface area contributed by atoms with Crippen LogP contribution in [0.3, 0.4) is 0 Å². The topological polar surface area (TPSA) is 54.5 Å². The molecular formula is C17H19Cl2N3O2. The average Bonchev–Trinajstić information content (AvgIpc) is 2.58. The first-order chi connectivity index (χ1) is 11.5. The molecule has 7 heteroatoms. The Morgan fingerprint density at radius 3 is 2.50 bits per heavy atom. The van der Waals surface area contributed by atoms with Gasteiger partial charge in [0.2, 0.25) is 5.91 Å². The number of carbonyl (C=O) groups excluding carboxylic acids is 1. The van der Waals surface area contributed by atoms with Crippen LogP contribution in [-0.2, 0) is 4.79 Å². The highest BCUT2D eigenvalue weighted by Crippen LogP contribution is 2.15. The van der Waals surface area contributed by atoms with E-state index in [-0.39, 0.29) is 11.9 Å². The van der Waals surface area contributed by atoms with Crippen LogP contribution in [0.1, 0.15) is 6.92 Å². The molecule has 0 aliphatic heterocycles. The van der Waals surface area contributed by atoms with Crippen LogP contribution >= 0.6 is 23.2 Å². The quantitative estimate of drug-likeness (QED) is 0.809. The van der Waals surface area contributed by atoms with Crippen molar-refractivity contribution in [2.75, 3.05) is 25.5 Å². The number of benzene rings is 1. The first kappa shape index (κ1) is 18.5. The molecule has 0 saturated heterocycles. The molecule has 1 amide bonds. The summed E-state index contributed by atoms with van der Waals surface area (Å²) in [5.41, 5.74) is 0. The van der Waals surface area contributed by atoms with E-state index in [0.717, 1.165) is 5.75 Å². The van der Waals surface area contributed by atoms with E-state index in [1.807, 2.05) is 31.0 Å². The molecule has 1 N–H and O–H groups in total. The van der Waals surface area contributed by atoms with E-state index in [0.29, 0.717) is 29.0 Å². The lowest BCUT2D eigenvalue weighted by Gasteiger charge is -2.23. The number of rotatable bonds is 7. The second-order valence-electron chi connectivity index (χ2n) is 5.31. The lowest BCUT2D eigenvalue weighted by Crippen LogP contribution is -2.41. The number of hydrogen-bond acceptors (Lipinski definition) is 4. The summed E-state index contributed by atoms with van der Waals surface area (Å²) in [6.45, 7) is 2.90. The normalized spacial score (nSPS) is 12.0. The maximum atomic E-state index is 12.2. The Labute approximate surface area is 151 Å². The molecule has 1 heterocycles. The molecule has 0 aliphatic rings. The van der Waals surface area contributed by atoms with Gasteiger partial charge in [-0.2, -0.15) is 0 Å². The van der Waals surface area contributed by atoms with Gasteiger partial charge in [-0.1, -0.05) is 23.2 Å². The van der Waals surface area contributed by atoms with Gasteiger partial charge < -0.3 is 10.1 Å². The summed E-state index contributed by atoms with van der Waals surface area (Å²) in [6.07, 6.45) is 1.49. The number of anilines is 1. The molecule has 1 aromatic heterocycles. The van der Waals surface area contributed by atoms with Crippen LogP contribution in [0.5, 0.6) is 5.75 Å². The van der Waals surface area contributed by atoms with E-state index in [1.54, 1.807) is 24.3 Å². The number of hydrogen-bond donors (Lipinski definition) is 1. The highest BCUT2D eigenvalue weighted by Gasteiger charge is 2.18. The predicted octanol–water partition coefficient (Wildman–Crippen LogP) is 3.73. The average molecular weight is 368 g/mol. The molecule has 0 fully saturated rings. The first-order valence-corrected chi connectivity index (χ1v) is 8.22. The van der Waals surface area contributed by atoms with Gasteiger partial charge in [0.15, 0.2) is 0 Å². The molecule has 0 aliphatic carbocycles. The Bertz CT molecular complexity index is 663. The molecule has 1 atom stereocenters. The van der Waals surface area contributed by atoms with E-state index in [9.17, 15) is 4.79 Å². The summed E-state index contributed by atoms with van der Waals surface area (Å²) in [6, 6.07) is 10.2. The van der Waals surface area contributed by atoms with Crippen LogP contribution in [-0.4, -0.2) is 42.0 Å². The van der Waals surface area contributed by atoms with Gasteiger partial charge in [-0.15, -0.1) is 0 Å². The summed E-state index contributed by atoms with van der Waals surface area (Å²) in [5, 5.41) is 3.95. The second kappa shape index (κ2) is 8.87. The van der Waals surface area contributed by atoms with Crippen molar-refractivity contribution >= 4 is 34.9 Å². The van der Waals surface area contributed by atoms with Gasteiger partial charge in [-0.3, -0.25) is 9.69 Å². The molecule has 2 rings (SSSR count). The largest absolute Gasteiger partial charge is 0.492 e. The van der Waals surface area contributed by atoms with Crippen molar-refractivity contribution in [2.45, 2.75) is 13.0 Å². The van der Waals surface area contributed by atoms with Gasteiger partial charge >= 0.3 is 0 Å². The second-order valence-corrected chi connectivity index (χ2v) is 6.18. The molecule has 0 radical (unpaired) electrons. The molecular weight excluding hydrogens is 349 g/mol. The first-order valence-electron chi connectivity index (χ1n) is 7.47. The zero-order valence-electron chi connectivity index (χ0n) is 13.5. The SMILES string of the molecule is C[C@H](C(=O)Nc1ccc(Cl)cn1)N(C)CCOc1ccc(Cl)cc1. The van der Waals surface area contributed by atoms with Gasteiger partial charge in [-0.25, -0.2) is 4.98 Å². The Kier molecular flexibility index (Phi) is 6.85. The summed E-state index contributed by atoms with van der Waals surface area (Å²) >= 11 is 11.6. The summed E-state index contributed by atoms with van der Waals surface area (Å²) < 4.78 is 5.63. The minimum absolute atomic E-state index is 0.140. The van der Waals surface area contributed by atoms with E-state index >= 15 is 0 Å². The van der Waals surface area contributed by atoms with Crippen molar-refractivity contribution in [3.63, 3.8) is 0 Å². The van der Waals surface area contributed by atoms with Crippen molar-refractivity contribution in [1.29, 1.82) is 0 Å². The highest BCUT2D eigenvalue weighted by atomic mass is 35.5.